The molecule has 106 valence electrons. The summed E-state index contributed by atoms with van der Waals surface area (Å²) in [6.45, 7) is 6.49. The molecule has 4 nitrogen and oxygen atoms in total. The Morgan fingerprint density at radius 2 is 2.05 bits per heavy atom. The predicted octanol–water partition coefficient (Wildman–Crippen LogP) is 1.68. The highest BCUT2D eigenvalue weighted by molar-refractivity contribution is 5.43. The summed E-state index contributed by atoms with van der Waals surface area (Å²) in [6, 6.07) is 7.60. The van der Waals surface area contributed by atoms with E-state index in [1.54, 1.807) is 0 Å². The van der Waals surface area contributed by atoms with E-state index in [-0.39, 0.29) is 0 Å². The number of ether oxygens (including phenoxy) is 1. The van der Waals surface area contributed by atoms with E-state index in [0.717, 1.165) is 24.5 Å². The lowest BCUT2D eigenvalue weighted by molar-refractivity contribution is 0.213. The second-order valence-electron chi connectivity index (χ2n) is 5.27. The molecule has 1 aromatic carbocycles. The molecule has 2 rings (SSSR count). The van der Waals surface area contributed by atoms with Crippen molar-refractivity contribution < 1.29 is 4.74 Å². The molecular formula is C15H25N3O. The molecule has 0 aromatic heterocycles. The minimum Gasteiger partial charge on any atom is -0.492 e. The van der Waals surface area contributed by atoms with Gasteiger partial charge in [0.15, 0.2) is 0 Å². The predicted molar refractivity (Wildman–Crippen MR) is 79.5 cm³/mol. The molecule has 0 radical (unpaired) electrons. The molecule has 19 heavy (non-hydrogen) atoms. The van der Waals surface area contributed by atoms with Crippen LogP contribution in [0.2, 0.25) is 0 Å². The molecule has 1 aromatic rings. The number of hydrogen-bond donors (Lipinski definition) is 1. The first kappa shape index (κ1) is 14.2. The molecule has 0 aliphatic carbocycles. The fraction of sp³-hybridized carbons (Fsp3) is 0.600. The van der Waals surface area contributed by atoms with Gasteiger partial charge in [-0.1, -0.05) is 6.07 Å². The van der Waals surface area contributed by atoms with Crippen LogP contribution in [-0.2, 0) is 0 Å². The fourth-order valence-electron chi connectivity index (χ4n) is 2.35. The second-order valence-corrected chi connectivity index (χ2v) is 5.27. The molecule has 1 fully saturated rings. The van der Waals surface area contributed by atoms with Gasteiger partial charge in [-0.15, -0.1) is 0 Å². The van der Waals surface area contributed by atoms with Gasteiger partial charge < -0.3 is 20.3 Å². The monoisotopic (exact) mass is 263 g/mol. The highest BCUT2D eigenvalue weighted by Crippen LogP contribution is 2.14. The Hall–Kier alpha value is -1.26. The van der Waals surface area contributed by atoms with Crippen molar-refractivity contribution in [1.29, 1.82) is 0 Å². The summed E-state index contributed by atoms with van der Waals surface area (Å²) in [7, 11) is 2.15. The van der Waals surface area contributed by atoms with E-state index in [4.69, 9.17) is 10.5 Å². The lowest BCUT2D eigenvalue weighted by Crippen LogP contribution is -2.33. The van der Waals surface area contributed by atoms with Gasteiger partial charge in [-0.25, -0.2) is 0 Å². The van der Waals surface area contributed by atoms with Gasteiger partial charge in [0, 0.05) is 31.4 Å². The number of nitrogen functional groups attached to an aromatic ring is 1. The summed E-state index contributed by atoms with van der Waals surface area (Å²) in [4.78, 5) is 4.86. The summed E-state index contributed by atoms with van der Waals surface area (Å²) in [5.74, 6) is 0.855. The van der Waals surface area contributed by atoms with Crippen molar-refractivity contribution >= 4 is 5.69 Å². The molecule has 0 unspecified atom stereocenters. The van der Waals surface area contributed by atoms with E-state index >= 15 is 0 Å². The normalized spacial score (nSPS) is 16.1. The van der Waals surface area contributed by atoms with Crippen molar-refractivity contribution in [2.24, 2.45) is 0 Å². The van der Waals surface area contributed by atoms with Gasteiger partial charge in [-0.05, 0) is 45.1 Å². The Labute approximate surface area is 116 Å². The summed E-state index contributed by atoms with van der Waals surface area (Å²) >= 11 is 0. The number of likely N-dealkylation sites (tertiary alicyclic amines) is 1. The maximum atomic E-state index is 5.71. The Morgan fingerprint density at radius 1 is 1.26 bits per heavy atom. The quantitative estimate of drug-likeness (QED) is 0.760. The average molecular weight is 263 g/mol. The number of hydrogen-bond acceptors (Lipinski definition) is 4. The number of nitrogens with two attached hydrogens (primary N) is 1. The second kappa shape index (κ2) is 7.36. The van der Waals surface area contributed by atoms with Gasteiger partial charge in [0.1, 0.15) is 12.4 Å². The summed E-state index contributed by atoms with van der Waals surface area (Å²) in [5, 5.41) is 0. The molecule has 0 atom stereocenters. The maximum Gasteiger partial charge on any atom is 0.121 e. The molecule has 1 heterocycles. The van der Waals surface area contributed by atoms with Crippen LogP contribution in [0.4, 0.5) is 5.69 Å². The van der Waals surface area contributed by atoms with Crippen molar-refractivity contribution in [3.05, 3.63) is 24.3 Å². The van der Waals surface area contributed by atoms with Crippen LogP contribution in [0, 0.1) is 0 Å². The van der Waals surface area contributed by atoms with Gasteiger partial charge in [-0.3, -0.25) is 0 Å². The largest absolute Gasteiger partial charge is 0.492 e. The summed E-state index contributed by atoms with van der Waals surface area (Å²) in [6.07, 6.45) is 2.73. The highest BCUT2D eigenvalue weighted by atomic mass is 16.5. The topological polar surface area (TPSA) is 41.7 Å². The third kappa shape index (κ3) is 5.09. The van der Waals surface area contributed by atoms with Gasteiger partial charge in [0.2, 0.25) is 0 Å². The Bertz CT molecular complexity index is 377. The average Bonchev–Trinajstić information content (AvgIpc) is 2.89. The molecule has 0 spiro atoms. The highest BCUT2D eigenvalue weighted by Gasteiger charge is 2.11. The van der Waals surface area contributed by atoms with Crippen LogP contribution >= 0.6 is 0 Å². The summed E-state index contributed by atoms with van der Waals surface area (Å²) in [5.41, 5.74) is 6.46. The van der Waals surface area contributed by atoms with Crippen molar-refractivity contribution in [1.82, 2.24) is 9.80 Å². The lowest BCUT2D eigenvalue weighted by atomic mass is 10.3. The van der Waals surface area contributed by atoms with Gasteiger partial charge >= 0.3 is 0 Å². The molecule has 2 N–H and O–H groups in total. The maximum absolute atomic E-state index is 5.71. The van der Waals surface area contributed by atoms with Crippen LogP contribution < -0.4 is 10.5 Å². The molecular weight excluding hydrogens is 238 g/mol. The molecule has 0 amide bonds. The van der Waals surface area contributed by atoms with E-state index in [9.17, 15) is 0 Å². The SMILES string of the molecule is CN(CCOc1cccc(N)c1)CCN1CCCC1. The zero-order valence-electron chi connectivity index (χ0n) is 11.8. The molecule has 0 saturated carbocycles. The molecule has 1 saturated heterocycles. The number of nitrogens with zero attached hydrogens (tertiary/aromatic N) is 2. The van der Waals surface area contributed by atoms with Gasteiger partial charge in [-0.2, -0.15) is 0 Å². The van der Waals surface area contributed by atoms with E-state index in [2.05, 4.69) is 16.8 Å². The van der Waals surface area contributed by atoms with E-state index < -0.39 is 0 Å². The molecule has 1 aliphatic heterocycles. The molecule has 4 heteroatoms. The number of rotatable bonds is 7. The fourth-order valence-corrected chi connectivity index (χ4v) is 2.35. The number of benzene rings is 1. The third-order valence-electron chi connectivity index (χ3n) is 3.60. The first-order chi connectivity index (χ1) is 9.24. The van der Waals surface area contributed by atoms with Crippen LogP contribution in [0.1, 0.15) is 12.8 Å². The number of likely N-dealkylation sites (N-methyl/N-ethyl adjacent to an activating group) is 1. The number of anilines is 1. The van der Waals surface area contributed by atoms with E-state index in [0.29, 0.717) is 6.61 Å². The van der Waals surface area contributed by atoms with Gasteiger partial charge in [0.05, 0.1) is 0 Å². The standard InChI is InChI=1S/C15H25N3O/c1-17(9-10-18-7-2-3-8-18)11-12-19-15-6-4-5-14(16)13-15/h4-6,13H,2-3,7-12,16H2,1H3. The molecule has 0 bridgehead atoms. The Morgan fingerprint density at radius 3 is 2.79 bits per heavy atom. The summed E-state index contributed by atoms with van der Waals surface area (Å²) < 4.78 is 5.69. The van der Waals surface area contributed by atoms with Crippen molar-refractivity contribution in [2.75, 3.05) is 52.1 Å². The zero-order valence-corrected chi connectivity index (χ0v) is 11.8. The van der Waals surface area contributed by atoms with Crippen LogP contribution in [-0.4, -0.2) is 56.2 Å². The van der Waals surface area contributed by atoms with Crippen LogP contribution in [0.15, 0.2) is 24.3 Å². The first-order valence-corrected chi connectivity index (χ1v) is 7.13. The smallest absolute Gasteiger partial charge is 0.121 e. The van der Waals surface area contributed by atoms with E-state index in [1.807, 2.05) is 24.3 Å². The van der Waals surface area contributed by atoms with Crippen LogP contribution in [0.5, 0.6) is 5.75 Å². The first-order valence-electron chi connectivity index (χ1n) is 7.13. The van der Waals surface area contributed by atoms with Crippen molar-refractivity contribution in [3.8, 4) is 5.75 Å². The molecule has 1 aliphatic rings. The van der Waals surface area contributed by atoms with E-state index in [1.165, 1.54) is 32.5 Å². The Balaban J connectivity index is 1.59. The van der Waals surface area contributed by atoms with Crippen molar-refractivity contribution in [2.45, 2.75) is 12.8 Å². The van der Waals surface area contributed by atoms with Crippen LogP contribution in [0.25, 0.3) is 0 Å². The lowest BCUT2D eigenvalue weighted by Gasteiger charge is -2.21. The Kier molecular flexibility index (Phi) is 5.48. The van der Waals surface area contributed by atoms with Crippen molar-refractivity contribution in [3.63, 3.8) is 0 Å². The minimum atomic E-state index is 0.708. The minimum absolute atomic E-state index is 0.708. The van der Waals surface area contributed by atoms with Gasteiger partial charge in [0.25, 0.3) is 0 Å². The zero-order chi connectivity index (χ0) is 13.5. The third-order valence-corrected chi connectivity index (χ3v) is 3.60. The van der Waals surface area contributed by atoms with Crippen LogP contribution in [0.3, 0.4) is 0 Å².